The lowest BCUT2D eigenvalue weighted by molar-refractivity contribution is -0.870. The number of phosphoric ester groups is 1. The number of nitrogens with zero attached hydrogens (tertiary/aromatic N) is 1. The highest BCUT2D eigenvalue weighted by molar-refractivity contribution is 7.45. The zero-order valence-electron chi connectivity index (χ0n) is 43.9. The average Bonchev–Trinajstić information content (AvgIpc) is 3.28. The summed E-state index contributed by atoms with van der Waals surface area (Å²) in [6.45, 7) is 4.61. The molecule has 8 nitrogen and oxygen atoms in total. The Morgan fingerprint density at radius 2 is 0.894 bits per heavy atom. The number of carbonyl (C=O) groups is 1. The minimum absolute atomic E-state index is 0.0116. The van der Waals surface area contributed by atoms with Gasteiger partial charge in [-0.25, -0.2) is 0 Å². The van der Waals surface area contributed by atoms with Crippen LogP contribution in [0.3, 0.4) is 0 Å². The highest BCUT2D eigenvalue weighted by Gasteiger charge is 2.23. The van der Waals surface area contributed by atoms with Crippen LogP contribution in [0.4, 0.5) is 0 Å². The minimum Gasteiger partial charge on any atom is -0.756 e. The minimum atomic E-state index is -4.61. The lowest BCUT2D eigenvalue weighted by Crippen LogP contribution is -2.45. The van der Waals surface area contributed by atoms with E-state index in [0.29, 0.717) is 17.4 Å². The van der Waals surface area contributed by atoms with E-state index < -0.39 is 26.6 Å². The Bertz CT molecular complexity index is 1260. The molecular formula is C57H107N2O6P. The fraction of sp³-hybridized carbons (Fsp3) is 0.807. The third-order valence-corrected chi connectivity index (χ3v) is 13.1. The number of unbranched alkanes of at least 4 members (excludes halogenated alkanes) is 29. The van der Waals surface area contributed by atoms with Gasteiger partial charge in [0.05, 0.1) is 39.9 Å². The molecule has 0 bridgehead atoms. The van der Waals surface area contributed by atoms with Crippen molar-refractivity contribution >= 4 is 13.7 Å². The number of likely N-dealkylation sites (N-methyl/N-ethyl adjacent to an activating group) is 1. The number of aliphatic hydroxyl groups is 1. The summed E-state index contributed by atoms with van der Waals surface area (Å²) in [5, 5.41) is 13.8. The van der Waals surface area contributed by atoms with Crippen LogP contribution in [-0.2, 0) is 18.4 Å². The van der Waals surface area contributed by atoms with Crippen LogP contribution in [0.25, 0.3) is 0 Å². The van der Waals surface area contributed by atoms with Crippen molar-refractivity contribution in [3.8, 4) is 0 Å². The molecule has 0 radical (unpaired) electrons. The molecule has 66 heavy (non-hydrogen) atoms. The summed E-state index contributed by atoms with van der Waals surface area (Å²) in [5.74, 6) is -0.216. The summed E-state index contributed by atoms with van der Waals surface area (Å²) in [4.78, 5) is 25.4. The van der Waals surface area contributed by atoms with Crippen molar-refractivity contribution in [2.75, 3.05) is 40.9 Å². The van der Waals surface area contributed by atoms with E-state index in [1.807, 2.05) is 27.2 Å². The molecule has 0 aromatic rings. The van der Waals surface area contributed by atoms with Gasteiger partial charge in [0.2, 0.25) is 5.91 Å². The molecule has 386 valence electrons. The van der Waals surface area contributed by atoms with E-state index in [9.17, 15) is 19.4 Å². The summed E-state index contributed by atoms with van der Waals surface area (Å²) in [5.41, 5.74) is 0. The molecule has 0 fully saturated rings. The van der Waals surface area contributed by atoms with Crippen molar-refractivity contribution in [2.24, 2.45) is 0 Å². The fourth-order valence-electron chi connectivity index (χ4n) is 7.80. The van der Waals surface area contributed by atoms with Gasteiger partial charge in [0.15, 0.2) is 0 Å². The molecule has 0 spiro atoms. The first-order chi connectivity index (χ1) is 32.0. The van der Waals surface area contributed by atoms with Gasteiger partial charge in [-0.3, -0.25) is 9.36 Å². The number of amides is 1. The lowest BCUT2D eigenvalue weighted by Gasteiger charge is -2.29. The summed E-state index contributed by atoms with van der Waals surface area (Å²) >= 11 is 0. The van der Waals surface area contributed by atoms with E-state index in [1.54, 1.807) is 6.08 Å². The molecular weight excluding hydrogens is 840 g/mol. The van der Waals surface area contributed by atoms with Crippen molar-refractivity contribution in [3.05, 3.63) is 60.8 Å². The maximum atomic E-state index is 12.9. The zero-order chi connectivity index (χ0) is 48.5. The molecule has 1 amide bonds. The van der Waals surface area contributed by atoms with Crippen LogP contribution < -0.4 is 10.2 Å². The van der Waals surface area contributed by atoms with Crippen molar-refractivity contribution < 1.29 is 32.9 Å². The molecule has 2 N–H and O–H groups in total. The Morgan fingerprint density at radius 3 is 1.35 bits per heavy atom. The smallest absolute Gasteiger partial charge is 0.268 e. The van der Waals surface area contributed by atoms with E-state index >= 15 is 0 Å². The molecule has 9 heteroatoms. The molecule has 0 aliphatic carbocycles. The molecule has 0 heterocycles. The number of nitrogens with one attached hydrogen (secondary N) is 1. The summed E-state index contributed by atoms with van der Waals surface area (Å²) in [7, 11) is 1.23. The van der Waals surface area contributed by atoms with Crippen LogP contribution in [0.1, 0.15) is 245 Å². The van der Waals surface area contributed by atoms with Crippen LogP contribution in [0.5, 0.6) is 0 Å². The molecule has 0 rings (SSSR count). The monoisotopic (exact) mass is 947 g/mol. The van der Waals surface area contributed by atoms with Crippen LogP contribution in [0.15, 0.2) is 60.8 Å². The number of aliphatic hydroxyl groups excluding tert-OH is 1. The summed E-state index contributed by atoms with van der Waals surface area (Å²) in [6.07, 6.45) is 64.4. The van der Waals surface area contributed by atoms with Gasteiger partial charge in [-0.05, 0) is 77.0 Å². The first-order valence-electron chi connectivity index (χ1n) is 27.7. The van der Waals surface area contributed by atoms with Gasteiger partial charge in [0.1, 0.15) is 13.2 Å². The van der Waals surface area contributed by atoms with Gasteiger partial charge in [-0.1, -0.05) is 222 Å². The summed E-state index contributed by atoms with van der Waals surface area (Å²) in [6, 6.07) is -0.914. The van der Waals surface area contributed by atoms with Crippen LogP contribution >= 0.6 is 7.82 Å². The second-order valence-corrected chi connectivity index (χ2v) is 21.3. The largest absolute Gasteiger partial charge is 0.756 e. The number of hydrogen-bond acceptors (Lipinski definition) is 6. The SMILES string of the molecule is CCCCC/C=C\C/C=C\CCCCCCCCCCCC(=O)NC(COP(=O)([O-])OCC[N+](C)(C)C)C(O)/C=C/CC/C=C/CC/C=C/CCCCCCCCCCCCCCCCC. The number of rotatable bonds is 50. The predicted octanol–water partition coefficient (Wildman–Crippen LogP) is 15.9. The quantitative estimate of drug-likeness (QED) is 0.0272. The Morgan fingerprint density at radius 1 is 0.530 bits per heavy atom. The van der Waals surface area contributed by atoms with Gasteiger partial charge in [-0.15, -0.1) is 0 Å². The Kier molecular flexibility index (Phi) is 46.9. The standard InChI is InChI=1S/C57H107N2O6P/c1-6-8-10-12-14-16-18-20-22-24-26-27-28-29-30-31-33-34-36-38-40-42-44-46-48-50-56(60)55(54-65-66(62,63)64-53-52-59(3,4)5)58-57(61)51-49-47-45-43-41-39-37-35-32-25-23-21-19-17-15-13-11-9-7-2/h15,17,21,23,33-34,40,42,48,50,55-56,60H,6-14,16,18-20,22,24-32,35-39,41,43-47,49,51-54H2,1-5H3,(H-,58,61,62,63)/b17-15-,23-21-,34-33+,42-40+,50-48+. The van der Waals surface area contributed by atoms with Crippen molar-refractivity contribution in [1.82, 2.24) is 5.32 Å². The van der Waals surface area contributed by atoms with Gasteiger partial charge in [0.25, 0.3) is 7.82 Å². The Balaban J connectivity index is 4.33. The fourth-order valence-corrected chi connectivity index (χ4v) is 8.53. The second kappa shape index (κ2) is 48.2. The first kappa shape index (κ1) is 64.2. The highest BCUT2D eigenvalue weighted by atomic mass is 31.2. The maximum absolute atomic E-state index is 12.9. The maximum Gasteiger partial charge on any atom is 0.268 e. The third-order valence-electron chi connectivity index (χ3n) is 12.2. The van der Waals surface area contributed by atoms with Gasteiger partial charge >= 0.3 is 0 Å². The van der Waals surface area contributed by atoms with E-state index in [1.165, 1.54) is 173 Å². The number of allylic oxidation sites excluding steroid dienone is 9. The molecule has 3 atom stereocenters. The predicted molar refractivity (Wildman–Crippen MR) is 284 cm³/mol. The van der Waals surface area contributed by atoms with Gasteiger partial charge < -0.3 is 28.8 Å². The Hall–Kier alpha value is -1.80. The second-order valence-electron chi connectivity index (χ2n) is 19.9. The van der Waals surface area contributed by atoms with Crippen molar-refractivity contribution in [2.45, 2.75) is 257 Å². The van der Waals surface area contributed by atoms with Crippen molar-refractivity contribution in [3.63, 3.8) is 0 Å². The molecule has 0 aliphatic rings. The number of carbonyl (C=O) groups excluding carboxylic acids is 1. The molecule has 0 aromatic carbocycles. The molecule has 0 aromatic heterocycles. The normalized spacial score (nSPS) is 14.5. The van der Waals surface area contributed by atoms with Crippen molar-refractivity contribution in [1.29, 1.82) is 0 Å². The molecule has 0 aliphatic heterocycles. The number of phosphoric acid groups is 1. The van der Waals surface area contributed by atoms with Crippen LogP contribution in [-0.4, -0.2) is 68.5 Å². The third kappa shape index (κ3) is 50.1. The van der Waals surface area contributed by atoms with E-state index in [0.717, 1.165) is 51.4 Å². The lowest BCUT2D eigenvalue weighted by atomic mass is 10.0. The van der Waals surface area contributed by atoms with Crippen LogP contribution in [0.2, 0.25) is 0 Å². The number of quaternary nitrogens is 1. The number of hydrogen-bond donors (Lipinski definition) is 2. The van der Waals surface area contributed by atoms with Gasteiger partial charge in [-0.2, -0.15) is 0 Å². The first-order valence-corrected chi connectivity index (χ1v) is 29.1. The average molecular weight is 947 g/mol. The van der Waals surface area contributed by atoms with E-state index in [2.05, 4.69) is 67.8 Å². The topological polar surface area (TPSA) is 108 Å². The van der Waals surface area contributed by atoms with E-state index in [4.69, 9.17) is 9.05 Å². The molecule has 0 saturated carbocycles. The van der Waals surface area contributed by atoms with Gasteiger partial charge in [0, 0.05) is 6.42 Å². The Labute approximate surface area is 409 Å². The van der Waals surface area contributed by atoms with Crippen LogP contribution in [0, 0.1) is 0 Å². The summed E-state index contributed by atoms with van der Waals surface area (Å²) < 4.78 is 23.3. The zero-order valence-corrected chi connectivity index (χ0v) is 44.8. The highest BCUT2D eigenvalue weighted by Crippen LogP contribution is 2.38. The molecule has 3 unspecified atom stereocenters. The molecule has 0 saturated heterocycles. The van der Waals surface area contributed by atoms with E-state index in [-0.39, 0.29) is 12.5 Å².